The molecule has 0 bridgehead atoms. The molecule has 1 aliphatic heterocycles. The fourth-order valence-electron chi connectivity index (χ4n) is 1.36. The first-order valence-corrected chi connectivity index (χ1v) is 4.17. The highest BCUT2D eigenvalue weighted by Gasteiger charge is 2.19. The van der Waals surface area contributed by atoms with E-state index in [0.29, 0.717) is 6.04 Å². The van der Waals surface area contributed by atoms with Crippen LogP contribution in [-0.2, 0) is 0 Å². The minimum absolute atomic E-state index is 0.711. The van der Waals surface area contributed by atoms with Gasteiger partial charge in [-0.25, -0.2) is 0 Å². The maximum absolute atomic E-state index is 3.51. The Morgan fingerprint density at radius 2 is 2.30 bits per heavy atom. The van der Waals surface area contributed by atoms with Crippen molar-refractivity contribution in [1.29, 1.82) is 0 Å². The molecule has 0 aliphatic carbocycles. The third-order valence-corrected chi connectivity index (χ3v) is 2.46. The van der Waals surface area contributed by atoms with Crippen molar-refractivity contribution in [3.8, 4) is 0 Å². The molecular weight excluding hydrogens is 124 g/mol. The first kappa shape index (κ1) is 8.02. The second kappa shape index (κ2) is 3.35. The van der Waals surface area contributed by atoms with Gasteiger partial charge in [-0.3, -0.25) is 0 Å². The summed E-state index contributed by atoms with van der Waals surface area (Å²) in [6.45, 7) is 6.85. The van der Waals surface area contributed by atoms with Gasteiger partial charge in [0.2, 0.25) is 0 Å². The van der Waals surface area contributed by atoms with Crippen LogP contribution in [0.1, 0.15) is 20.3 Å². The average Bonchev–Trinajstić information content (AvgIpc) is 1.95. The molecule has 0 spiro atoms. The number of hydrogen-bond acceptors (Lipinski definition) is 2. The van der Waals surface area contributed by atoms with Gasteiger partial charge in [0.25, 0.3) is 0 Å². The largest absolute Gasteiger partial charge is 0.311 e. The molecule has 0 saturated carbocycles. The van der Waals surface area contributed by atoms with Crippen LogP contribution < -0.4 is 5.32 Å². The van der Waals surface area contributed by atoms with Crippen molar-refractivity contribution in [3.05, 3.63) is 0 Å². The van der Waals surface area contributed by atoms with E-state index < -0.39 is 0 Å². The Labute approximate surface area is 63.6 Å². The van der Waals surface area contributed by atoms with E-state index in [9.17, 15) is 0 Å². The summed E-state index contributed by atoms with van der Waals surface area (Å²) in [6.07, 6.45) is 1.25. The molecule has 0 aromatic carbocycles. The van der Waals surface area contributed by atoms with Crippen LogP contribution >= 0.6 is 0 Å². The lowest BCUT2D eigenvalue weighted by Crippen LogP contribution is -2.53. The van der Waals surface area contributed by atoms with Gasteiger partial charge in [0.15, 0.2) is 0 Å². The Balaban J connectivity index is 2.33. The Hall–Kier alpha value is -0.0800. The third kappa shape index (κ3) is 1.70. The molecule has 1 heterocycles. The van der Waals surface area contributed by atoms with E-state index in [4.69, 9.17) is 0 Å². The first-order valence-electron chi connectivity index (χ1n) is 4.17. The minimum Gasteiger partial charge on any atom is -0.311 e. The van der Waals surface area contributed by atoms with Crippen LogP contribution in [0.2, 0.25) is 0 Å². The van der Waals surface area contributed by atoms with Crippen LogP contribution in [0.25, 0.3) is 0 Å². The van der Waals surface area contributed by atoms with Gasteiger partial charge in [-0.15, -0.1) is 0 Å². The van der Waals surface area contributed by atoms with Gasteiger partial charge in [-0.05, 0) is 20.4 Å². The first-order chi connectivity index (χ1) is 4.74. The fourth-order valence-corrected chi connectivity index (χ4v) is 1.36. The van der Waals surface area contributed by atoms with Crippen LogP contribution in [0.15, 0.2) is 0 Å². The SMILES string of the molecule is CCC1CN(C)C(C)CN1. The Morgan fingerprint density at radius 3 is 2.80 bits per heavy atom. The van der Waals surface area contributed by atoms with E-state index in [1.165, 1.54) is 13.0 Å². The highest BCUT2D eigenvalue weighted by Crippen LogP contribution is 2.04. The summed E-state index contributed by atoms with van der Waals surface area (Å²) in [6, 6.07) is 1.43. The smallest absolute Gasteiger partial charge is 0.0193 e. The maximum atomic E-state index is 3.51. The summed E-state index contributed by atoms with van der Waals surface area (Å²) in [5.74, 6) is 0. The topological polar surface area (TPSA) is 15.3 Å². The van der Waals surface area contributed by atoms with E-state index in [1.54, 1.807) is 0 Å². The molecule has 0 amide bonds. The van der Waals surface area contributed by atoms with Crippen molar-refractivity contribution < 1.29 is 0 Å². The van der Waals surface area contributed by atoms with Gasteiger partial charge in [0.05, 0.1) is 0 Å². The molecule has 2 nitrogen and oxygen atoms in total. The zero-order valence-corrected chi connectivity index (χ0v) is 7.22. The lowest BCUT2D eigenvalue weighted by molar-refractivity contribution is 0.173. The van der Waals surface area contributed by atoms with Crippen molar-refractivity contribution in [2.24, 2.45) is 0 Å². The summed E-state index contributed by atoms with van der Waals surface area (Å²) in [4.78, 5) is 2.42. The summed E-state index contributed by atoms with van der Waals surface area (Å²) >= 11 is 0. The number of hydrogen-bond donors (Lipinski definition) is 1. The number of likely N-dealkylation sites (N-methyl/N-ethyl adjacent to an activating group) is 1. The third-order valence-electron chi connectivity index (χ3n) is 2.46. The fraction of sp³-hybridized carbons (Fsp3) is 1.00. The molecule has 2 atom stereocenters. The van der Waals surface area contributed by atoms with Gasteiger partial charge in [-0.2, -0.15) is 0 Å². The van der Waals surface area contributed by atoms with Crippen molar-refractivity contribution in [3.63, 3.8) is 0 Å². The van der Waals surface area contributed by atoms with E-state index >= 15 is 0 Å². The molecule has 1 aliphatic rings. The molecule has 1 fully saturated rings. The van der Waals surface area contributed by atoms with Crippen LogP contribution in [0.3, 0.4) is 0 Å². The molecule has 0 aromatic rings. The van der Waals surface area contributed by atoms with E-state index in [-0.39, 0.29) is 0 Å². The van der Waals surface area contributed by atoms with Gasteiger partial charge in [-0.1, -0.05) is 6.92 Å². The molecule has 2 unspecified atom stereocenters. The van der Waals surface area contributed by atoms with E-state index in [1.807, 2.05) is 0 Å². The summed E-state index contributed by atoms with van der Waals surface area (Å²) in [5.41, 5.74) is 0. The molecule has 1 rings (SSSR count). The number of nitrogens with one attached hydrogen (secondary N) is 1. The van der Waals surface area contributed by atoms with Gasteiger partial charge >= 0.3 is 0 Å². The molecule has 1 N–H and O–H groups in total. The van der Waals surface area contributed by atoms with Crippen LogP contribution in [-0.4, -0.2) is 37.1 Å². The standard InChI is InChI=1S/C8H18N2/c1-4-8-6-10(3)7(2)5-9-8/h7-9H,4-6H2,1-3H3. The molecule has 2 heteroatoms. The highest BCUT2D eigenvalue weighted by atomic mass is 15.2. The van der Waals surface area contributed by atoms with Gasteiger partial charge in [0.1, 0.15) is 0 Å². The van der Waals surface area contributed by atoms with Crippen molar-refractivity contribution in [2.75, 3.05) is 20.1 Å². The molecule has 0 radical (unpaired) electrons. The second-order valence-electron chi connectivity index (χ2n) is 3.30. The summed E-state index contributed by atoms with van der Waals surface area (Å²) in [7, 11) is 2.20. The second-order valence-corrected chi connectivity index (χ2v) is 3.30. The van der Waals surface area contributed by atoms with Gasteiger partial charge < -0.3 is 10.2 Å². The van der Waals surface area contributed by atoms with Crippen LogP contribution in [0, 0.1) is 0 Å². The molecular formula is C8H18N2. The van der Waals surface area contributed by atoms with Crippen molar-refractivity contribution >= 4 is 0 Å². The van der Waals surface area contributed by atoms with Crippen molar-refractivity contribution in [2.45, 2.75) is 32.4 Å². The Bertz CT molecular complexity index is 103. The minimum atomic E-state index is 0.711. The zero-order chi connectivity index (χ0) is 7.56. The highest BCUT2D eigenvalue weighted by molar-refractivity contribution is 4.80. The quantitative estimate of drug-likeness (QED) is 0.579. The zero-order valence-electron chi connectivity index (χ0n) is 7.22. The molecule has 1 saturated heterocycles. The maximum Gasteiger partial charge on any atom is 0.0193 e. The predicted octanol–water partition coefficient (Wildman–Crippen LogP) is 0.689. The normalized spacial score (nSPS) is 36.3. The lowest BCUT2D eigenvalue weighted by atomic mass is 10.1. The number of piperazine rings is 1. The van der Waals surface area contributed by atoms with Crippen LogP contribution in [0.4, 0.5) is 0 Å². The van der Waals surface area contributed by atoms with E-state index in [2.05, 4.69) is 31.1 Å². The molecule has 10 heavy (non-hydrogen) atoms. The Kier molecular flexibility index (Phi) is 2.69. The lowest BCUT2D eigenvalue weighted by Gasteiger charge is -2.35. The Morgan fingerprint density at radius 1 is 1.60 bits per heavy atom. The average molecular weight is 142 g/mol. The molecule has 0 aromatic heterocycles. The summed E-state index contributed by atoms with van der Waals surface area (Å²) in [5, 5.41) is 3.51. The summed E-state index contributed by atoms with van der Waals surface area (Å²) < 4.78 is 0. The monoisotopic (exact) mass is 142 g/mol. The van der Waals surface area contributed by atoms with Gasteiger partial charge in [0, 0.05) is 25.2 Å². The van der Waals surface area contributed by atoms with Crippen LogP contribution in [0.5, 0.6) is 0 Å². The van der Waals surface area contributed by atoms with Crippen molar-refractivity contribution in [1.82, 2.24) is 10.2 Å². The molecule has 60 valence electrons. The number of nitrogens with zero attached hydrogens (tertiary/aromatic N) is 1. The number of rotatable bonds is 1. The predicted molar refractivity (Wildman–Crippen MR) is 44.2 cm³/mol. The van der Waals surface area contributed by atoms with E-state index in [0.717, 1.165) is 12.6 Å².